The molecule has 0 aliphatic heterocycles. The van der Waals surface area contributed by atoms with E-state index in [1.54, 1.807) is 0 Å². The average Bonchev–Trinajstić information content (AvgIpc) is 2.16. The minimum Gasteiger partial charge on any atom is -0.0928 e. The maximum atomic E-state index is 3.45. The Hall–Kier alpha value is 0.220. The number of hydrogen-bond donors (Lipinski definition) is 0. The number of halogens is 1. The normalized spacial score (nSPS) is 11.2. The van der Waals surface area contributed by atoms with E-state index in [0.717, 1.165) is 0 Å². The average molecular weight is 247 g/mol. The van der Waals surface area contributed by atoms with Gasteiger partial charge in [-0.3, -0.25) is 0 Å². The Kier molecular flexibility index (Phi) is 12.4. The van der Waals surface area contributed by atoms with Crippen LogP contribution in [-0.4, -0.2) is 5.33 Å². The van der Waals surface area contributed by atoms with Gasteiger partial charge in [-0.1, -0.05) is 60.7 Å². The molecule has 0 fully saturated rings. The molecule has 0 aromatic rings. The lowest BCUT2D eigenvalue weighted by molar-refractivity contribution is 0.678. The van der Waals surface area contributed by atoms with E-state index >= 15 is 0 Å². The summed E-state index contributed by atoms with van der Waals surface area (Å²) in [7, 11) is 0. The van der Waals surface area contributed by atoms with Crippen molar-refractivity contribution in [3.8, 4) is 0 Å². The monoisotopic (exact) mass is 246 g/mol. The van der Waals surface area contributed by atoms with Gasteiger partial charge in [-0.25, -0.2) is 0 Å². The van der Waals surface area contributed by atoms with Gasteiger partial charge < -0.3 is 0 Å². The maximum Gasteiger partial charge on any atom is 0.00313 e. The van der Waals surface area contributed by atoms with E-state index in [1.807, 2.05) is 0 Å². The molecule has 0 radical (unpaired) electrons. The highest BCUT2D eigenvalue weighted by atomic mass is 79.9. The van der Waals surface area contributed by atoms with Gasteiger partial charge in [0.2, 0.25) is 0 Å². The van der Waals surface area contributed by atoms with Crippen molar-refractivity contribution in [1.82, 2.24) is 0 Å². The fourth-order valence-corrected chi connectivity index (χ4v) is 1.66. The Labute approximate surface area is 91.9 Å². The minimum atomic E-state index is 1.17. The molecule has 0 aromatic carbocycles. The van der Waals surface area contributed by atoms with Gasteiger partial charge in [0.05, 0.1) is 0 Å². The van der Waals surface area contributed by atoms with Crippen LogP contribution >= 0.6 is 15.9 Å². The number of hydrogen-bond acceptors (Lipinski definition) is 0. The first-order valence-electron chi connectivity index (χ1n) is 5.62. The molecule has 0 aliphatic carbocycles. The van der Waals surface area contributed by atoms with Crippen LogP contribution < -0.4 is 0 Å². The molecule has 0 saturated heterocycles. The third kappa shape index (κ3) is 12.2. The zero-order valence-corrected chi connectivity index (χ0v) is 10.5. The van der Waals surface area contributed by atoms with E-state index in [9.17, 15) is 0 Å². The van der Waals surface area contributed by atoms with Gasteiger partial charge in [-0.15, -0.1) is 0 Å². The lowest BCUT2D eigenvalue weighted by Crippen LogP contribution is -1.77. The Morgan fingerprint density at radius 2 is 1.46 bits per heavy atom. The molecule has 0 rings (SSSR count). The summed E-state index contributed by atoms with van der Waals surface area (Å²) in [5, 5.41) is 1.17. The largest absolute Gasteiger partial charge is 0.0928 e. The topological polar surface area (TPSA) is 0 Å². The van der Waals surface area contributed by atoms with Crippen molar-refractivity contribution in [2.45, 2.75) is 58.3 Å². The first-order valence-corrected chi connectivity index (χ1v) is 6.75. The third-order valence-corrected chi connectivity index (χ3v) is 2.71. The summed E-state index contributed by atoms with van der Waals surface area (Å²) in [5.41, 5.74) is 0. The molecule has 0 nitrogen and oxygen atoms in total. The number of rotatable bonds is 9. The first kappa shape index (κ1) is 13.2. The van der Waals surface area contributed by atoms with Gasteiger partial charge in [-0.2, -0.15) is 0 Å². The van der Waals surface area contributed by atoms with E-state index in [0.29, 0.717) is 0 Å². The first-order chi connectivity index (χ1) is 6.41. The second kappa shape index (κ2) is 12.2. The summed E-state index contributed by atoms with van der Waals surface area (Å²) in [5.74, 6) is 0. The molecule has 0 atom stereocenters. The van der Waals surface area contributed by atoms with E-state index in [2.05, 4.69) is 35.0 Å². The number of unbranched alkanes of at least 4 members (excludes halogenated alkanes) is 6. The summed E-state index contributed by atoms with van der Waals surface area (Å²) in [6.07, 6.45) is 15.4. The highest BCUT2D eigenvalue weighted by Gasteiger charge is 1.86. The van der Waals surface area contributed by atoms with Gasteiger partial charge in [0.1, 0.15) is 0 Å². The fourth-order valence-electron chi connectivity index (χ4n) is 1.27. The molecular weight excluding hydrogens is 224 g/mol. The summed E-state index contributed by atoms with van der Waals surface area (Å²) >= 11 is 3.45. The van der Waals surface area contributed by atoms with Crippen molar-refractivity contribution in [3.63, 3.8) is 0 Å². The number of alkyl halides is 1. The molecule has 0 aliphatic rings. The predicted molar refractivity (Wildman–Crippen MR) is 65.5 cm³/mol. The van der Waals surface area contributed by atoms with Crippen LogP contribution in [0.2, 0.25) is 0 Å². The maximum absolute atomic E-state index is 3.45. The second-order valence-corrected chi connectivity index (χ2v) is 4.30. The van der Waals surface area contributed by atoms with Gasteiger partial charge in [-0.05, 0) is 25.7 Å². The Morgan fingerprint density at radius 1 is 0.846 bits per heavy atom. The van der Waals surface area contributed by atoms with E-state index in [4.69, 9.17) is 0 Å². The molecule has 0 amide bonds. The van der Waals surface area contributed by atoms with Crippen molar-refractivity contribution in [3.05, 3.63) is 12.2 Å². The van der Waals surface area contributed by atoms with Crippen molar-refractivity contribution in [1.29, 1.82) is 0 Å². The van der Waals surface area contributed by atoms with E-state index < -0.39 is 0 Å². The van der Waals surface area contributed by atoms with Crippen molar-refractivity contribution in [2.24, 2.45) is 0 Å². The molecule has 0 saturated carbocycles. The highest BCUT2D eigenvalue weighted by molar-refractivity contribution is 9.09. The zero-order chi connectivity index (χ0) is 9.78. The molecule has 0 heterocycles. The Bertz CT molecular complexity index is 108. The van der Waals surface area contributed by atoms with Crippen LogP contribution in [0.25, 0.3) is 0 Å². The van der Waals surface area contributed by atoms with E-state index in [1.165, 1.54) is 56.7 Å². The SMILES string of the molecule is CCCC/C=C\CCCCCCBr. The Balaban J connectivity index is 2.93. The molecule has 0 N–H and O–H groups in total. The van der Waals surface area contributed by atoms with Crippen LogP contribution in [0.3, 0.4) is 0 Å². The fraction of sp³-hybridized carbons (Fsp3) is 0.833. The summed E-state index contributed by atoms with van der Waals surface area (Å²) in [4.78, 5) is 0. The van der Waals surface area contributed by atoms with E-state index in [-0.39, 0.29) is 0 Å². The lowest BCUT2D eigenvalue weighted by Gasteiger charge is -1.95. The summed E-state index contributed by atoms with van der Waals surface area (Å²) in [6, 6.07) is 0. The van der Waals surface area contributed by atoms with Gasteiger partial charge >= 0.3 is 0 Å². The smallest absolute Gasteiger partial charge is 0.00313 e. The van der Waals surface area contributed by atoms with Crippen LogP contribution in [0.5, 0.6) is 0 Å². The van der Waals surface area contributed by atoms with Crippen molar-refractivity contribution < 1.29 is 0 Å². The molecular formula is C12H23Br. The number of allylic oxidation sites excluding steroid dienone is 2. The zero-order valence-electron chi connectivity index (χ0n) is 8.90. The van der Waals surface area contributed by atoms with Crippen LogP contribution in [0.1, 0.15) is 58.3 Å². The molecule has 1 heteroatoms. The molecule has 0 spiro atoms. The quantitative estimate of drug-likeness (QED) is 0.303. The molecule has 0 unspecified atom stereocenters. The van der Waals surface area contributed by atoms with Crippen LogP contribution in [-0.2, 0) is 0 Å². The third-order valence-electron chi connectivity index (χ3n) is 2.15. The predicted octanol–water partition coefficient (Wildman–Crippen LogP) is 5.08. The molecule has 13 heavy (non-hydrogen) atoms. The van der Waals surface area contributed by atoms with Gasteiger partial charge in [0.15, 0.2) is 0 Å². The standard InChI is InChI=1S/C12H23Br/c1-2-3-4-5-6-7-8-9-10-11-12-13/h5-6H,2-4,7-12H2,1H3/b6-5-. The van der Waals surface area contributed by atoms with Crippen LogP contribution in [0, 0.1) is 0 Å². The van der Waals surface area contributed by atoms with Crippen molar-refractivity contribution in [2.75, 3.05) is 5.33 Å². The second-order valence-electron chi connectivity index (χ2n) is 3.51. The van der Waals surface area contributed by atoms with Gasteiger partial charge in [0.25, 0.3) is 0 Å². The summed E-state index contributed by atoms with van der Waals surface area (Å²) < 4.78 is 0. The molecule has 0 aromatic heterocycles. The Morgan fingerprint density at radius 3 is 2.08 bits per heavy atom. The highest BCUT2D eigenvalue weighted by Crippen LogP contribution is 2.05. The lowest BCUT2D eigenvalue weighted by atomic mass is 10.1. The molecule has 78 valence electrons. The minimum absolute atomic E-state index is 1.17. The summed E-state index contributed by atoms with van der Waals surface area (Å²) in [6.45, 7) is 2.24. The van der Waals surface area contributed by atoms with Crippen molar-refractivity contribution >= 4 is 15.9 Å². The van der Waals surface area contributed by atoms with Gasteiger partial charge in [0, 0.05) is 5.33 Å². The van der Waals surface area contributed by atoms with Crippen LogP contribution in [0.15, 0.2) is 12.2 Å². The van der Waals surface area contributed by atoms with Crippen LogP contribution in [0.4, 0.5) is 0 Å². The molecule has 0 bridgehead atoms.